The Morgan fingerprint density at radius 2 is 2.00 bits per heavy atom. The van der Waals surface area contributed by atoms with Crippen LogP contribution in [-0.2, 0) is 0 Å². The molecule has 0 aliphatic heterocycles. The summed E-state index contributed by atoms with van der Waals surface area (Å²) >= 11 is 0. The quantitative estimate of drug-likeness (QED) is 0.886. The lowest BCUT2D eigenvalue weighted by atomic mass is 10.1. The molecule has 0 aliphatic rings. The summed E-state index contributed by atoms with van der Waals surface area (Å²) in [6.45, 7) is 5.36. The van der Waals surface area contributed by atoms with Gasteiger partial charge >= 0.3 is 0 Å². The second-order valence-electron chi connectivity index (χ2n) is 4.37. The normalized spacial score (nSPS) is 12.5. The zero-order valence-electron chi connectivity index (χ0n) is 10.6. The maximum Gasteiger partial charge on any atom is 0.159 e. The van der Waals surface area contributed by atoms with E-state index in [1.807, 2.05) is 13.8 Å². The van der Waals surface area contributed by atoms with Gasteiger partial charge in [0.1, 0.15) is 5.82 Å². The van der Waals surface area contributed by atoms with Crippen LogP contribution in [0, 0.1) is 19.7 Å². The number of aromatic nitrogens is 2. The molecule has 0 saturated carbocycles. The summed E-state index contributed by atoms with van der Waals surface area (Å²) in [5.74, 6) is 0.172. The van der Waals surface area contributed by atoms with E-state index in [0.29, 0.717) is 22.6 Å². The van der Waals surface area contributed by atoms with Crippen LogP contribution in [0.1, 0.15) is 29.8 Å². The van der Waals surface area contributed by atoms with Crippen molar-refractivity contribution < 1.29 is 9.50 Å². The van der Waals surface area contributed by atoms with Crippen molar-refractivity contribution in [1.82, 2.24) is 9.97 Å². The molecule has 1 N–H and O–H groups in total. The summed E-state index contributed by atoms with van der Waals surface area (Å²) < 4.78 is 13.2. The number of hydrogen-bond donors (Lipinski definition) is 1. The first kappa shape index (κ1) is 12.6. The molecule has 1 unspecified atom stereocenters. The van der Waals surface area contributed by atoms with Crippen molar-refractivity contribution in [2.75, 3.05) is 0 Å². The Balaban J connectivity index is 2.52. The lowest BCUT2D eigenvalue weighted by Crippen LogP contribution is -2.02. The van der Waals surface area contributed by atoms with Gasteiger partial charge in [-0.2, -0.15) is 0 Å². The predicted octanol–water partition coefficient (Wildman–Crippen LogP) is 2.95. The molecule has 2 aromatic rings. The molecule has 0 bridgehead atoms. The average Bonchev–Trinajstić information content (AvgIpc) is 2.31. The highest BCUT2D eigenvalue weighted by atomic mass is 19.1. The molecule has 2 rings (SSSR count). The van der Waals surface area contributed by atoms with Gasteiger partial charge in [0.25, 0.3) is 0 Å². The largest absolute Gasteiger partial charge is 0.389 e. The van der Waals surface area contributed by atoms with Gasteiger partial charge in [0, 0.05) is 23.0 Å². The molecule has 1 aromatic heterocycles. The minimum atomic E-state index is -0.604. The van der Waals surface area contributed by atoms with E-state index >= 15 is 0 Å². The fourth-order valence-electron chi connectivity index (χ4n) is 1.85. The van der Waals surface area contributed by atoms with Crippen molar-refractivity contribution in [3.8, 4) is 11.4 Å². The van der Waals surface area contributed by atoms with E-state index in [-0.39, 0.29) is 5.82 Å². The van der Waals surface area contributed by atoms with E-state index in [4.69, 9.17) is 0 Å². The molecule has 0 amide bonds. The number of hydrogen-bond acceptors (Lipinski definition) is 3. The molecule has 1 atom stereocenters. The van der Waals surface area contributed by atoms with Crippen molar-refractivity contribution in [3.63, 3.8) is 0 Å². The average molecular weight is 246 g/mol. The lowest BCUT2D eigenvalue weighted by molar-refractivity contribution is 0.197. The first-order chi connectivity index (χ1) is 8.49. The van der Waals surface area contributed by atoms with Gasteiger partial charge in [0.15, 0.2) is 5.82 Å². The molecule has 0 spiro atoms. The molecule has 1 heterocycles. The smallest absolute Gasteiger partial charge is 0.159 e. The zero-order valence-corrected chi connectivity index (χ0v) is 10.6. The Morgan fingerprint density at radius 3 is 2.61 bits per heavy atom. The summed E-state index contributed by atoms with van der Waals surface area (Å²) in [5.41, 5.74) is 2.99. The van der Waals surface area contributed by atoms with E-state index < -0.39 is 6.10 Å². The number of nitrogens with zero attached hydrogens (tertiary/aromatic N) is 2. The number of aliphatic hydroxyl groups is 1. The minimum absolute atomic E-state index is 0.309. The van der Waals surface area contributed by atoms with E-state index in [1.165, 1.54) is 12.1 Å². The van der Waals surface area contributed by atoms with Crippen LogP contribution < -0.4 is 0 Å². The summed E-state index contributed by atoms with van der Waals surface area (Å²) in [4.78, 5) is 8.52. The molecule has 0 aliphatic carbocycles. The third-order valence-electron chi connectivity index (χ3n) is 2.91. The number of aliphatic hydroxyl groups excluding tert-OH is 1. The zero-order chi connectivity index (χ0) is 13.3. The second kappa shape index (κ2) is 4.82. The van der Waals surface area contributed by atoms with Gasteiger partial charge in [-0.15, -0.1) is 0 Å². The predicted molar refractivity (Wildman–Crippen MR) is 67.5 cm³/mol. The van der Waals surface area contributed by atoms with Gasteiger partial charge < -0.3 is 5.11 Å². The van der Waals surface area contributed by atoms with Crippen LogP contribution >= 0.6 is 0 Å². The number of aryl methyl sites for hydroxylation is 2. The molecule has 94 valence electrons. The van der Waals surface area contributed by atoms with Gasteiger partial charge in [-0.1, -0.05) is 6.07 Å². The topological polar surface area (TPSA) is 46.0 Å². The standard InChI is InChI=1S/C14H15FN2O/c1-8-4-5-11(15)6-12(8)14-16-7-13(10(3)18)9(2)17-14/h4-7,10,18H,1-3H3. The van der Waals surface area contributed by atoms with Gasteiger partial charge in [-0.3, -0.25) is 0 Å². The van der Waals surface area contributed by atoms with E-state index in [0.717, 1.165) is 5.56 Å². The van der Waals surface area contributed by atoms with Gasteiger partial charge in [-0.25, -0.2) is 14.4 Å². The number of rotatable bonds is 2. The maximum absolute atomic E-state index is 13.2. The maximum atomic E-state index is 13.2. The molecule has 0 radical (unpaired) electrons. The van der Waals surface area contributed by atoms with Crippen LogP contribution in [0.25, 0.3) is 11.4 Å². The summed E-state index contributed by atoms with van der Waals surface area (Å²) in [6.07, 6.45) is 0.986. The third-order valence-corrected chi connectivity index (χ3v) is 2.91. The Bertz CT molecular complexity index is 582. The monoisotopic (exact) mass is 246 g/mol. The molecule has 0 fully saturated rings. The number of halogens is 1. The van der Waals surface area contributed by atoms with E-state index in [2.05, 4.69) is 9.97 Å². The first-order valence-corrected chi connectivity index (χ1v) is 5.77. The van der Waals surface area contributed by atoms with Crippen LogP contribution in [0.3, 0.4) is 0 Å². The van der Waals surface area contributed by atoms with Crippen molar-refractivity contribution in [2.45, 2.75) is 26.9 Å². The second-order valence-corrected chi connectivity index (χ2v) is 4.37. The minimum Gasteiger partial charge on any atom is -0.389 e. The lowest BCUT2D eigenvalue weighted by Gasteiger charge is -2.10. The fraction of sp³-hybridized carbons (Fsp3) is 0.286. The van der Waals surface area contributed by atoms with Crippen LogP contribution in [0.2, 0.25) is 0 Å². The highest BCUT2D eigenvalue weighted by molar-refractivity contribution is 5.60. The van der Waals surface area contributed by atoms with E-state index in [1.54, 1.807) is 19.2 Å². The fourth-order valence-corrected chi connectivity index (χ4v) is 1.85. The van der Waals surface area contributed by atoms with Crippen LogP contribution in [-0.4, -0.2) is 15.1 Å². The van der Waals surface area contributed by atoms with Crippen molar-refractivity contribution in [1.29, 1.82) is 0 Å². The van der Waals surface area contributed by atoms with E-state index in [9.17, 15) is 9.50 Å². The molecule has 4 heteroatoms. The van der Waals surface area contributed by atoms with Gasteiger partial charge in [-0.05, 0) is 38.5 Å². The Hall–Kier alpha value is -1.81. The SMILES string of the molecule is Cc1ccc(F)cc1-c1ncc(C(C)O)c(C)n1. The van der Waals surface area contributed by atoms with Crippen LogP contribution in [0.4, 0.5) is 4.39 Å². The molecular formula is C14H15FN2O. The van der Waals surface area contributed by atoms with Crippen molar-refractivity contribution in [3.05, 3.63) is 47.0 Å². The Morgan fingerprint density at radius 1 is 1.28 bits per heavy atom. The molecule has 18 heavy (non-hydrogen) atoms. The van der Waals surface area contributed by atoms with Crippen LogP contribution in [0.15, 0.2) is 24.4 Å². The summed E-state index contributed by atoms with van der Waals surface area (Å²) in [7, 11) is 0. The molecule has 3 nitrogen and oxygen atoms in total. The molecule has 1 aromatic carbocycles. The first-order valence-electron chi connectivity index (χ1n) is 5.77. The van der Waals surface area contributed by atoms with Gasteiger partial charge in [0.05, 0.1) is 6.10 Å². The van der Waals surface area contributed by atoms with Gasteiger partial charge in [0.2, 0.25) is 0 Å². The highest BCUT2D eigenvalue weighted by Gasteiger charge is 2.11. The summed E-state index contributed by atoms with van der Waals surface area (Å²) in [5, 5.41) is 9.52. The Kier molecular flexibility index (Phi) is 3.39. The Labute approximate surface area is 105 Å². The van der Waals surface area contributed by atoms with Crippen molar-refractivity contribution >= 4 is 0 Å². The number of benzene rings is 1. The highest BCUT2D eigenvalue weighted by Crippen LogP contribution is 2.23. The van der Waals surface area contributed by atoms with Crippen molar-refractivity contribution in [2.24, 2.45) is 0 Å². The molecular weight excluding hydrogens is 231 g/mol. The third kappa shape index (κ3) is 2.38. The summed E-state index contributed by atoms with van der Waals surface area (Å²) in [6, 6.07) is 4.54. The molecule has 0 saturated heterocycles. The van der Waals surface area contributed by atoms with Crippen LogP contribution in [0.5, 0.6) is 0 Å².